The summed E-state index contributed by atoms with van der Waals surface area (Å²) in [6.45, 7) is 9.64. The van der Waals surface area contributed by atoms with Gasteiger partial charge >= 0.3 is 0 Å². The molecule has 22 heavy (non-hydrogen) atoms. The Morgan fingerprint density at radius 1 is 1.18 bits per heavy atom. The van der Waals surface area contributed by atoms with Gasteiger partial charge in [0.05, 0.1) is 6.21 Å². The Balaban J connectivity index is 2.46. The molecule has 0 aliphatic heterocycles. The quantitative estimate of drug-likeness (QED) is 0.546. The van der Waals surface area contributed by atoms with E-state index in [1.165, 1.54) is 18.3 Å². The van der Waals surface area contributed by atoms with E-state index < -0.39 is 0 Å². The Hall–Kier alpha value is -1.91. The first-order chi connectivity index (χ1) is 10.4. The van der Waals surface area contributed by atoms with Gasteiger partial charge < -0.3 is 9.74 Å². The maximum Gasteiger partial charge on any atom is 0.263 e. The number of carbonyl (C=O) groups is 1. The molecule has 0 fully saturated rings. The summed E-state index contributed by atoms with van der Waals surface area (Å²) in [4.78, 5) is 19.0. The van der Waals surface area contributed by atoms with Gasteiger partial charge in [0.15, 0.2) is 6.61 Å². The summed E-state index contributed by atoms with van der Waals surface area (Å²) in [5.74, 6) is 0.445. The van der Waals surface area contributed by atoms with Crippen LogP contribution < -0.4 is 0 Å². The van der Waals surface area contributed by atoms with Gasteiger partial charge in [-0.15, -0.1) is 0 Å². The Labute approximate surface area is 131 Å². The van der Waals surface area contributed by atoms with Gasteiger partial charge in [-0.25, -0.2) is 4.39 Å². The number of hydrogen-bond donors (Lipinski definition) is 0. The molecule has 0 saturated carbocycles. The lowest BCUT2D eigenvalue weighted by atomic mass is 10.1. The number of hydrogen-bond acceptors (Lipinski definition) is 3. The van der Waals surface area contributed by atoms with E-state index in [0.717, 1.165) is 5.56 Å². The lowest BCUT2D eigenvalue weighted by Crippen LogP contribution is -2.39. The zero-order valence-electron chi connectivity index (χ0n) is 13.8. The van der Waals surface area contributed by atoms with E-state index in [4.69, 9.17) is 4.84 Å². The molecule has 0 atom stereocenters. The predicted octanol–water partition coefficient (Wildman–Crippen LogP) is 3.32. The summed E-state index contributed by atoms with van der Waals surface area (Å²) in [6.07, 6.45) is 1.46. The van der Waals surface area contributed by atoms with Crippen molar-refractivity contribution in [3.05, 3.63) is 35.6 Å². The zero-order chi connectivity index (χ0) is 16.5. The van der Waals surface area contributed by atoms with E-state index in [2.05, 4.69) is 32.9 Å². The minimum atomic E-state index is -0.300. The predicted molar refractivity (Wildman–Crippen MR) is 86.2 cm³/mol. The van der Waals surface area contributed by atoms with Gasteiger partial charge in [-0.1, -0.05) is 45.0 Å². The van der Waals surface area contributed by atoms with Gasteiger partial charge in [0.2, 0.25) is 0 Å². The van der Waals surface area contributed by atoms with Crippen LogP contribution in [0.25, 0.3) is 0 Å². The normalized spacial score (nSPS) is 11.4. The second kappa shape index (κ2) is 9.18. The maximum absolute atomic E-state index is 12.8. The van der Waals surface area contributed by atoms with Crippen molar-refractivity contribution in [1.29, 1.82) is 0 Å². The monoisotopic (exact) mass is 308 g/mol. The molecule has 0 bridgehead atoms. The summed E-state index contributed by atoms with van der Waals surface area (Å²) in [5.41, 5.74) is 0.718. The molecule has 1 amide bonds. The lowest BCUT2D eigenvalue weighted by Gasteiger charge is -2.25. The first-order valence-corrected chi connectivity index (χ1v) is 7.57. The molecule has 0 unspecified atom stereocenters. The summed E-state index contributed by atoms with van der Waals surface area (Å²) >= 11 is 0. The van der Waals surface area contributed by atoms with Crippen LogP contribution >= 0.6 is 0 Å². The fraction of sp³-hybridized carbons (Fsp3) is 0.529. The van der Waals surface area contributed by atoms with Crippen molar-refractivity contribution in [1.82, 2.24) is 4.90 Å². The number of halogens is 1. The van der Waals surface area contributed by atoms with E-state index in [9.17, 15) is 9.18 Å². The van der Waals surface area contributed by atoms with Gasteiger partial charge in [0.25, 0.3) is 5.91 Å². The average Bonchev–Trinajstić information content (AvgIpc) is 2.43. The Bertz CT molecular complexity index is 474. The van der Waals surface area contributed by atoms with Crippen LogP contribution in [0.5, 0.6) is 0 Å². The summed E-state index contributed by atoms with van der Waals surface area (Å²) < 4.78 is 12.8. The summed E-state index contributed by atoms with van der Waals surface area (Å²) in [5, 5.41) is 3.76. The molecule has 1 rings (SSSR count). The molecule has 0 spiro atoms. The topological polar surface area (TPSA) is 41.9 Å². The van der Waals surface area contributed by atoms with Crippen LogP contribution in [0, 0.1) is 17.7 Å². The summed E-state index contributed by atoms with van der Waals surface area (Å²) in [7, 11) is 0. The fourth-order valence-electron chi connectivity index (χ4n) is 1.99. The van der Waals surface area contributed by atoms with E-state index in [-0.39, 0.29) is 18.3 Å². The van der Waals surface area contributed by atoms with Crippen molar-refractivity contribution in [2.75, 3.05) is 19.7 Å². The number of rotatable bonds is 8. The van der Waals surface area contributed by atoms with Crippen LogP contribution in [-0.2, 0) is 9.63 Å². The fourth-order valence-corrected chi connectivity index (χ4v) is 1.99. The third kappa shape index (κ3) is 7.20. The average molecular weight is 308 g/mol. The third-order valence-electron chi connectivity index (χ3n) is 2.86. The molecule has 0 N–H and O–H groups in total. The number of amides is 1. The molecule has 0 aliphatic rings. The highest BCUT2D eigenvalue weighted by atomic mass is 19.1. The van der Waals surface area contributed by atoms with E-state index >= 15 is 0 Å². The van der Waals surface area contributed by atoms with E-state index in [1.807, 2.05) is 4.90 Å². The van der Waals surface area contributed by atoms with Crippen molar-refractivity contribution in [3.8, 4) is 0 Å². The highest BCUT2D eigenvalue weighted by molar-refractivity contribution is 5.79. The largest absolute Gasteiger partial charge is 0.386 e. The van der Waals surface area contributed by atoms with Gasteiger partial charge in [0, 0.05) is 13.1 Å². The van der Waals surface area contributed by atoms with E-state index in [0.29, 0.717) is 24.9 Å². The first-order valence-electron chi connectivity index (χ1n) is 7.57. The first kappa shape index (κ1) is 18.1. The van der Waals surface area contributed by atoms with Gasteiger partial charge in [-0.2, -0.15) is 0 Å². The number of oxime groups is 1. The standard InChI is InChI=1S/C17H25FN2O2/c1-13(2)10-20(11-14(3)4)17(21)12-22-19-9-15-5-7-16(18)8-6-15/h5-9,13-14H,10-12H2,1-4H3/b19-9+. The Morgan fingerprint density at radius 3 is 2.23 bits per heavy atom. The molecule has 0 saturated heterocycles. The van der Waals surface area contributed by atoms with Gasteiger partial charge in [0.1, 0.15) is 5.82 Å². The maximum atomic E-state index is 12.8. The molecule has 1 aromatic rings. The zero-order valence-corrected chi connectivity index (χ0v) is 13.8. The second-order valence-electron chi connectivity index (χ2n) is 6.15. The molecule has 4 nitrogen and oxygen atoms in total. The van der Waals surface area contributed by atoms with Crippen LogP contribution in [0.2, 0.25) is 0 Å². The molecule has 5 heteroatoms. The van der Waals surface area contributed by atoms with Crippen molar-refractivity contribution >= 4 is 12.1 Å². The SMILES string of the molecule is CC(C)CN(CC(C)C)C(=O)CO/N=C/c1ccc(F)cc1. The second-order valence-corrected chi connectivity index (χ2v) is 6.15. The van der Waals surface area contributed by atoms with Crippen LogP contribution in [0.4, 0.5) is 4.39 Å². The van der Waals surface area contributed by atoms with Gasteiger partial charge in [-0.05, 0) is 29.5 Å². The van der Waals surface area contributed by atoms with Crippen LogP contribution in [-0.4, -0.2) is 36.7 Å². The molecule has 1 aromatic carbocycles. The van der Waals surface area contributed by atoms with Crippen LogP contribution in [0.1, 0.15) is 33.3 Å². The van der Waals surface area contributed by atoms with Gasteiger partial charge in [-0.3, -0.25) is 4.79 Å². The molecule has 0 aliphatic carbocycles. The highest BCUT2D eigenvalue weighted by Gasteiger charge is 2.16. The molecule has 0 radical (unpaired) electrons. The number of nitrogens with zero attached hydrogens (tertiary/aromatic N) is 2. The summed E-state index contributed by atoms with van der Waals surface area (Å²) in [6, 6.07) is 5.88. The molecule has 0 aromatic heterocycles. The molecular weight excluding hydrogens is 283 g/mol. The van der Waals surface area contributed by atoms with Crippen LogP contribution in [0.15, 0.2) is 29.4 Å². The Kier molecular flexibility index (Phi) is 7.57. The number of benzene rings is 1. The number of carbonyl (C=O) groups excluding carboxylic acids is 1. The van der Waals surface area contributed by atoms with Crippen molar-refractivity contribution in [3.63, 3.8) is 0 Å². The molecule has 0 heterocycles. The van der Waals surface area contributed by atoms with Crippen LogP contribution in [0.3, 0.4) is 0 Å². The minimum absolute atomic E-state index is 0.0707. The van der Waals surface area contributed by atoms with E-state index in [1.54, 1.807) is 12.1 Å². The highest BCUT2D eigenvalue weighted by Crippen LogP contribution is 2.05. The Morgan fingerprint density at radius 2 is 1.73 bits per heavy atom. The smallest absolute Gasteiger partial charge is 0.263 e. The molecular formula is C17H25FN2O2. The van der Waals surface area contributed by atoms with Crippen molar-refractivity contribution < 1.29 is 14.0 Å². The third-order valence-corrected chi connectivity index (χ3v) is 2.86. The molecule has 122 valence electrons. The lowest BCUT2D eigenvalue weighted by molar-refractivity contribution is -0.137. The minimum Gasteiger partial charge on any atom is -0.386 e. The van der Waals surface area contributed by atoms with Crippen molar-refractivity contribution in [2.45, 2.75) is 27.7 Å². The van der Waals surface area contributed by atoms with Crippen molar-refractivity contribution in [2.24, 2.45) is 17.0 Å².